The Labute approximate surface area is 150 Å². The first-order valence-electron chi connectivity index (χ1n) is 8.30. The maximum absolute atomic E-state index is 10.9. The molecule has 0 bridgehead atoms. The molecule has 2 aromatic rings. The van der Waals surface area contributed by atoms with Crippen LogP contribution in [0.3, 0.4) is 0 Å². The third-order valence-electron chi connectivity index (χ3n) is 4.43. The summed E-state index contributed by atoms with van der Waals surface area (Å²) in [5.41, 5.74) is 9.97. The first kappa shape index (κ1) is 18.8. The fraction of sp³-hybridized carbons (Fsp3) is 0.429. The summed E-state index contributed by atoms with van der Waals surface area (Å²) in [6.45, 7) is 12.8. The Bertz CT molecular complexity index is 721. The number of rotatable bonds is 2. The lowest BCUT2D eigenvalue weighted by atomic mass is 9.78. The first-order chi connectivity index (χ1) is 10.9. The van der Waals surface area contributed by atoms with Gasteiger partial charge in [-0.1, -0.05) is 65.3 Å². The van der Waals surface area contributed by atoms with Gasteiger partial charge in [0.1, 0.15) is 5.75 Å². The van der Waals surface area contributed by atoms with Crippen molar-refractivity contribution >= 4 is 11.6 Å². The minimum atomic E-state index is -0.258. The summed E-state index contributed by atoms with van der Waals surface area (Å²) in [5.74, 6) is 0.257. The van der Waals surface area contributed by atoms with Crippen molar-refractivity contribution in [2.75, 3.05) is 0 Å². The molecule has 0 radical (unpaired) electrons. The van der Waals surface area contributed by atoms with Crippen molar-refractivity contribution in [3.05, 3.63) is 52.5 Å². The summed E-state index contributed by atoms with van der Waals surface area (Å²) in [5, 5.41) is 11.6. The van der Waals surface area contributed by atoms with E-state index in [4.69, 9.17) is 17.3 Å². The normalized spacial score (nSPS) is 13.8. The lowest BCUT2D eigenvalue weighted by molar-refractivity contribution is 0.317. The maximum atomic E-state index is 10.9. The Morgan fingerprint density at radius 3 is 1.96 bits per heavy atom. The number of phenols is 1. The van der Waals surface area contributed by atoms with Crippen LogP contribution >= 0.6 is 11.6 Å². The average Bonchev–Trinajstić information content (AvgIpc) is 2.45. The lowest BCUT2D eigenvalue weighted by Crippen LogP contribution is -2.27. The third kappa shape index (κ3) is 3.93. The van der Waals surface area contributed by atoms with Gasteiger partial charge in [-0.25, -0.2) is 0 Å². The van der Waals surface area contributed by atoms with Gasteiger partial charge in [0.05, 0.1) is 0 Å². The summed E-state index contributed by atoms with van der Waals surface area (Å²) in [6.07, 6.45) is 0. The van der Waals surface area contributed by atoms with Gasteiger partial charge in [-0.05, 0) is 46.2 Å². The van der Waals surface area contributed by atoms with E-state index < -0.39 is 0 Å². The molecule has 24 heavy (non-hydrogen) atoms. The first-order valence-corrected chi connectivity index (χ1v) is 8.68. The van der Waals surface area contributed by atoms with Crippen LogP contribution < -0.4 is 5.73 Å². The highest BCUT2D eigenvalue weighted by atomic mass is 35.5. The molecule has 1 unspecified atom stereocenters. The number of nitrogens with two attached hydrogens (primary N) is 1. The highest BCUT2D eigenvalue weighted by Crippen LogP contribution is 2.43. The van der Waals surface area contributed by atoms with Crippen molar-refractivity contribution in [3.8, 4) is 16.9 Å². The van der Waals surface area contributed by atoms with Crippen LogP contribution in [0.5, 0.6) is 5.75 Å². The van der Waals surface area contributed by atoms with Gasteiger partial charge in [0.15, 0.2) is 0 Å². The Kier molecular flexibility index (Phi) is 5.03. The molecule has 3 heteroatoms. The van der Waals surface area contributed by atoms with Gasteiger partial charge >= 0.3 is 0 Å². The van der Waals surface area contributed by atoms with Gasteiger partial charge in [0.25, 0.3) is 0 Å². The van der Waals surface area contributed by atoms with Crippen molar-refractivity contribution in [1.29, 1.82) is 0 Å². The molecule has 2 nitrogen and oxygen atoms in total. The van der Waals surface area contributed by atoms with Gasteiger partial charge in [0.2, 0.25) is 0 Å². The number of hydrogen-bond donors (Lipinski definition) is 2. The van der Waals surface area contributed by atoms with Gasteiger partial charge in [0, 0.05) is 22.2 Å². The van der Waals surface area contributed by atoms with E-state index >= 15 is 0 Å². The van der Waals surface area contributed by atoms with E-state index in [0.29, 0.717) is 5.02 Å². The highest BCUT2D eigenvalue weighted by molar-refractivity contribution is 6.30. The molecule has 0 aliphatic carbocycles. The monoisotopic (exact) mass is 345 g/mol. The molecular weight excluding hydrogens is 318 g/mol. The van der Waals surface area contributed by atoms with E-state index in [-0.39, 0.29) is 22.6 Å². The molecule has 2 aromatic carbocycles. The van der Waals surface area contributed by atoms with Gasteiger partial charge in [-0.15, -0.1) is 0 Å². The van der Waals surface area contributed by atoms with E-state index in [2.05, 4.69) is 47.6 Å². The maximum Gasteiger partial charge on any atom is 0.128 e. The molecule has 2 rings (SSSR count). The zero-order valence-electron chi connectivity index (χ0n) is 15.4. The molecular formula is C21H28ClNO. The summed E-state index contributed by atoms with van der Waals surface area (Å²) in [6, 6.07) is 11.4. The van der Waals surface area contributed by atoms with E-state index in [9.17, 15) is 5.11 Å². The molecule has 3 N–H and O–H groups in total. The SMILES string of the molecule is CC(C)(C)c1cc(-c2ccc(Cl)cc2)c(O)c(C(N)C(C)(C)C)c1. The molecule has 0 heterocycles. The minimum Gasteiger partial charge on any atom is -0.507 e. The smallest absolute Gasteiger partial charge is 0.128 e. The van der Waals surface area contributed by atoms with Crippen LogP contribution in [-0.4, -0.2) is 5.11 Å². The second kappa shape index (κ2) is 6.42. The van der Waals surface area contributed by atoms with E-state index in [0.717, 1.165) is 22.3 Å². The largest absolute Gasteiger partial charge is 0.507 e. The van der Waals surface area contributed by atoms with E-state index in [1.165, 1.54) is 0 Å². The topological polar surface area (TPSA) is 46.2 Å². The van der Waals surface area contributed by atoms with Crippen LogP contribution in [0.15, 0.2) is 36.4 Å². The van der Waals surface area contributed by atoms with Crippen LogP contribution in [0, 0.1) is 5.41 Å². The summed E-state index contributed by atoms with van der Waals surface area (Å²) >= 11 is 6.00. The number of hydrogen-bond acceptors (Lipinski definition) is 2. The minimum absolute atomic E-state index is 0.0404. The van der Waals surface area contributed by atoms with Crippen LogP contribution in [0.1, 0.15) is 58.7 Å². The van der Waals surface area contributed by atoms with E-state index in [1.54, 1.807) is 0 Å². The Balaban J connectivity index is 2.72. The average molecular weight is 346 g/mol. The molecule has 0 amide bonds. The van der Waals surface area contributed by atoms with Crippen LogP contribution in [0.2, 0.25) is 5.02 Å². The number of benzene rings is 2. The Hall–Kier alpha value is -1.51. The second-order valence-corrected chi connectivity index (χ2v) is 9.00. The van der Waals surface area contributed by atoms with Crippen molar-refractivity contribution < 1.29 is 5.11 Å². The van der Waals surface area contributed by atoms with Crippen molar-refractivity contribution in [2.24, 2.45) is 11.1 Å². The Morgan fingerprint density at radius 1 is 0.958 bits per heavy atom. The highest BCUT2D eigenvalue weighted by Gasteiger charge is 2.28. The standard InChI is InChI=1S/C21H28ClNO/c1-20(2,3)14-11-16(13-7-9-15(22)10-8-13)18(24)17(12-14)19(23)21(4,5)6/h7-12,19,24H,23H2,1-6H3. The number of aromatic hydroxyl groups is 1. The Morgan fingerprint density at radius 2 is 1.50 bits per heavy atom. The van der Waals surface area contributed by atoms with Gasteiger partial charge < -0.3 is 10.8 Å². The quantitative estimate of drug-likeness (QED) is 0.695. The third-order valence-corrected chi connectivity index (χ3v) is 4.68. The molecule has 130 valence electrons. The second-order valence-electron chi connectivity index (χ2n) is 8.56. The molecule has 0 aromatic heterocycles. The van der Waals surface area contributed by atoms with Crippen molar-refractivity contribution in [2.45, 2.75) is 53.0 Å². The number of phenolic OH excluding ortho intramolecular Hbond substituents is 1. The summed E-state index contributed by atoms with van der Waals surface area (Å²) in [4.78, 5) is 0. The lowest BCUT2D eigenvalue weighted by Gasteiger charge is -2.31. The molecule has 0 fully saturated rings. The predicted octanol–water partition coefficient (Wildman–Crippen LogP) is 6.06. The van der Waals surface area contributed by atoms with Gasteiger partial charge in [-0.2, -0.15) is 0 Å². The molecule has 0 saturated heterocycles. The summed E-state index contributed by atoms with van der Waals surface area (Å²) < 4.78 is 0. The molecule has 0 saturated carbocycles. The molecule has 0 aliphatic heterocycles. The van der Waals surface area contributed by atoms with Crippen LogP contribution in [0.25, 0.3) is 11.1 Å². The zero-order valence-corrected chi connectivity index (χ0v) is 16.2. The van der Waals surface area contributed by atoms with Crippen LogP contribution in [0.4, 0.5) is 0 Å². The summed E-state index contributed by atoms with van der Waals surface area (Å²) in [7, 11) is 0. The van der Waals surface area contributed by atoms with Crippen LogP contribution in [-0.2, 0) is 5.41 Å². The molecule has 1 atom stereocenters. The van der Waals surface area contributed by atoms with Crippen molar-refractivity contribution in [3.63, 3.8) is 0 Å². The zero-order chi connectivity index (χ0) is 18.3. The molecule has 0 spiro atoms. The number of halogens is 1. The predicted molar refractivity (Wildman–Crippen MR) is 104 cm³/mol. The van der Waals surface area contributed by atoms with Crippen molar-refractivity contribution in [1.82, 2.24) is 0 Å². The molecule has 0 aliphatic rings. The fourth-order valence-electron chi connectivity index (χ4n) is 2.64. The van der Waals surface area contributed by atoms with Gasteiger partial charge in [-0.3, -0.25) is 0 Å². The fourth-order valence-corrected chi connectivity index (χ4v) is 2.77. The van der Waals surface area contributed by atoms with E-state index in [1.807, 2.05) is 30.3 Å².